The van der Waals surface area contributed by atoms with Gasteiger partial charge in [0.05, 0.1) is 116 Å². The number of aliphatic hydroxyl groups excluding tert-OH is 4. The molecule has 15 aliphatic rings. The summed E-state index contributed by atoms with van der Waals surface area (Å²) in [6.07, 6.45) is 24.4. The van der Waals surface area contributed by atoms with Gasteiger partial charge in [0.2, 0.25) is 20.0 Å². The molecular weight excluding hydrogens is 1600 g/mol. The fourth-order valence-corrected chi connectivity index (χ4v) is 28.1. The smallest absolute Gasteiger partial charge is 0.269 e. The van der Waals surface area contributed by atoms with Gasteiger partial charge >= 0.3 is 0 Å². The van der Waals surface area contributed by atoms with Crippen LogP contribution in [-0.2, 0) is 29.1 Å². The molecule has 6 aromatic carbocycles. The summed E-state index contributed by atoms with van der Waals surface area (Å²) in [6, 6.07) is 30.1. The zero-order valence-electron chi connectivity index (χ0n) is 64.5. The number of aromatic nitrogens is 6. The van der Waals surface area contributed by atoms with Gasteiger partial charge in [0.1, 0.15) is 17.5 Å². The number of sulfonamides is 2. The van der Waals surface area contributed by atoms with Crippen molar-refractivity contribution in [2.24, 2.45) is 75.2 Å². The highest BCUT2D eigenvalue weighted by atomic mass is 35.7. The molecule has 12 aliphatic carbocycles. The normalized spacial score (nSPS) is 30.7. The second-order valence-electron chi connectivity index (χ2n) is 35.3. The van der Waals surface area contributed by atoms with E-state index in [9.17, 15) is 74.0 Å². The first-order chi connectivity index (χ1) is 56.4. The number of nitrogens with two attached hydrogens (primary N) is 2. The minimum atomic E-state index is -3.86. The first-order valence-electron chi connectivity index (χ1n) is 40.4. The van der Waals surface area contributed by atoms with E-state index in [1.807, 2.05) is 31.9 Å². The number of nitrogens with zero attached hydrogens (tertiary/aromatic N) is 8. The van der Waals surface area contributed by atoms with Crippen molar-refractivity contribution in [2.75, 3.05) is 12.8 Å². The summed E-state index contributed by atoms with van der Waals surface area (Å²) in [4.78, 5) is 32.9. The van der Waals surface area contributed by atoms with Crippen LogP contribution < -0.4 is 20.9 Å². The molecule has 26 nitrogen and oxygen atoms in total. The standard InChI is InChI=1S/C28H29FN4O5S.C28H31FN4O3S.C22H26FN3O.C6H4ClNO4S.CH4O/c29-22-3-1-2-21-24-14-30-15-32(24)23(26(21)22)10-25(34)28-11-16-8-17(12-28)27(18(9-16)13-28)31-39(37,38)20-6-4-19(5-7-20)33(35)36;29-22-3-1-2-21-24-14-31-15-33(24)23(26(21)22)10-25(34)28-11-16-8-17(12-28)27(18(9-16)13-28)32-37(35,36)20-6-4-19(30)5-7-20;23-16-3-1-2-15-18-10-25-11-26(18)17(20(15)16)6-19(27)22-7-12-4-13(8-22)21(24)14(5-12)9-22;7-13(11,12)6-3-1-5(2-4-6)8(9)10;1-2/h1-7,14-18,23,25,27,31,34H,8-13H2;1-7,14-18,23,25,27,32,34H,8-13,30H2;1-3,10-14,17,19,21,27H,4-9,24H2;1-4H;2H,1H3. The first kappa shape index (κ1) is 81.6. The lowest BCUT2D eigenvalue weighted by Crippen LogP contribution is -2.61. The molecule has 9 aromatic rings. The maximum atomic E-state index is 15.0. The lowest BCUT2D eigenvalue weighted by Gasteiger charge is -2.61. The Morgan fingerprint density at radius 3 is 1.06 bits per heavy atom. The Balaban J connectivity index is 0.000000118. The van der Waals surface area contributed by atoms with E-state index in [0.717, 1.165) is 141 Å². The maximum absolute atomic E-state index is 15.0. The number of halogens is 4. The monoisotopic (exact) mass is 1690 g/mol. The Bertz CT molecular complexity index is 5660. The predicted octanol–water partition coefficient (Wildman–Crippen LogP) is 13.2. The van der Waals surface area contributed by atoms with Crippen molar-refractivity contribution in [2.45, 2.75) is 185 Å². The second kappa shape index (κ2) is 31.0. The van der Waals surface area contributed by atoms with Gasteiger partial charge in [-0.1, -0.05) is 36.4 Å². The number of hydrogen-bond acceptors (Lipinski definition) is 19. The molecular formula is C85H94ClF3N12O14S3. The Hall–Kier alpha value is -8.80. The number of rotatable bonds is 18. The summed E-state index contributed by atoms with van der Waals surface area (Å²) in [6.45, 7) is 0. The molecule has 12 bridgehead atoms. The number of nitro groups is 2. The van der Waals surface area contributed by atoms with Gasteiger partial charge in [0.15, 0.2) is 0 Å². The number of nitrogens with one attached hydrogen (secondary N) is 2. The Kier molecular flexibility index (Phi) is 21.4. The minimum absolute atomic E-state index is 0.00900. The third-order valence-electron chi connectivity index (χ3n) is 28.9. The number of aliphatic hydroxyl groups is 4. The number of nitrogen functional groups attached to an aromatic ring is 1. The molecule has 0 amide bonds. The number of anilines is 1. The van der Waals surface area contributed by atoms with Crippen LogP contribution in [-0.4, -0.2) is 128 Å². The van der Waals surface area contributed by atoms with Crippen LogP contribution in [0, 0.1) is 107 Å². The van der Waals surface area contributed by atoms with Crippen LogP contribution in [0.4, 0.5) is 30.2 Å². The van der Waals surface area contributed by atoms with Gasteiger partial charge in [0, 0.05) is 99.3 Å². The minimum Gasteiger partial charge on any atom is -0.400 e. The number of hydrogen-bond donors (Lipinski definition) is 8. The number of imidazole rings is 3. The molecule has 33 heteroatoms. The van der Waals surface area contributed by atoms with Crippen LogP contribution in [0.25, 0.3) is 33.8 Å². The number of non-ortho nitro benzene ring substituents is 2. The Morgan fingerprint density at radius 1 is 0.466 bits per heavy atom. The molecule has 12 fully saturated rings. The van der Waals surface area contributed by atoms with Crippen LogP contribution in [0.5, 0.6) is 0 Å². The van der Waals surface area contributed by atoms with Crippen LogP contribution >= 0.6 is 10.7 Å². The zero-order chi connectivity index (χ0) is 83.0. The van der Waals surface area contributed by atoms with Crippen molar-refractivity contribution in [1.29, 1.82) is 0 Å². The molecule has 24 rings (SSSR count). The molecule has 12 atom stereocenters. The van der Waals surface area contributed by atoms with E-state index < -0.39 is 57.3 Å². The molecule has 10 N–H and O–H groups in total. The van der Waals surface area contributed by atoms with Gasteiger partial charge in [-0.05, 0) is 252 Å². The molecule has 0 saturated heterocycles. The van der Waals surface area contributed by atoms with Crippen LogP contribution in [0.3, 0.4) is 0 Å². The van der Waals surface area contributed by atoms with E-state index in [2.05, 4.69) is 24.4 Å². The summed E-state index contributed by atoms with van der Waals surface area (Å²) in [5, 5.41) is 63.1. The van der Waals surface area contributed by atoms with Crippen LogP contribution in [0.2, 0.25) is 0 Å². The molecule has 12 saturated carbocycles. The summed E-state index contributed by atoms with van der Waals surface area (Å²) < 4.78 is 131. The van der Waals surface area contributed by atoms with E-state index >= 15 is 0 Å². The van der Waals surface area contributed by atoms with Crippen molar-refractivity contribution in [3.8, 4) is 33.8 Å². The fraction of sp³-hybridized carbons (Fsp3) is 0.471. The molecule has 3 aromatic heterocycles. The highest BCUT2D eigenvalue weighted by molar-refractivity contribution is 8.13. The van der Waals surface area contributed by atoms with Crippen molar-refractivity contribution in [3.05, 3.63) is 219 Å². The molecule has 0 radical (unpaired) electrons. The van der Waals surface area contributed by atoms with Gasteiger partial charge in [-0.15, -0.1) is 0 Å². The van der Waals surface area contributed by atoms with E-state index in [-0.39, 0.29) is 114 Å². The van der Waals surface area contributed by atoms with Crippen molar-refractivity contribution >= 4 is 56.8 Å². The van der Waals surface area contributed by atoms with Crippen LogP contribution in [0.15, 0.2) is 180 Å². The van der Waals surface area contributed by atoms with E-state index in [4.69, 9.17) is 27.3 Å². The molecule has 3 aliphatic heterocycles. The summed E-state index contributed by atoms with van der Waals surface area (Å²) in [5.74, 6) is 2.58. The second-order valence-corrected chi connectivity index (χ2v) is 41.3. The third-order valence-corrected chi connectivity index (χ3v) is 33.3. The number of fused-ring (bicyclic) bond motifs is 9. The average Bonchev–Trinajstić information content (AvgIpc) is 0.833. The molecule has 624 valence electrons. The summed E-state index contributed by atoms with van der Waals surface area (Å²) in [5.41, 5.74) is 19.0. The SMILES string of the molecule is CO.NC1C2CC3CC1CC(C(O)CC1c4c(F)cccc4-c4cncn41)(C3)C2.Nc1ccc(S(=O)(=O)NC2C3CC4CC2CC(C(O)CC2c5c(F)cccc5-c5cncn52)(C4)C3)cc1.O=[N+]([O-])c1ccc(S(=O)(=O)Cl)cc1.O=[N+]([O-])c1ccc(S(=O)(=O)NC2C3CC4CC2CC(C(O)CC2c5c(F)cccc5-c5cncn52)(C4)C3)cc1. The van der Waals surface area contributed by atoms with Gasteiger partial charge in [-0.25, -0.2) is 62.8 Å². The number of benzene rings is 6. The fourth-order valence-electron chi connectivity index (χ4n) is 24.6. The van der Waals surface area contributed by atoms with Gasteiger partial charge < -0.3 is 45.6 Å². The molecule has 0 spiro atoms. The lowest BCUT2D eigenvalue weighted by atomic mass is 9.46. The highest BCUT2D eigenvalue weighted by Crippen LogP contribution is 2.66. The number of nitro benzene ring substituents is 2. The maximum Gasteiger partial charge on any atom is 0.269 e. The Labute approximate surface area is 685 Å². The van der Waals surface area contributed by atoms with E-state index in [0.29, 0.717) is 84.5 Å². The average molecular weight is 1700 g/mol. The van der Waals surface area contributed by atoms with Crippen molar-refractivity contribution in [1.82, 2.24) is 38.1 Å². The van der Waals surface area contributed by atoms with Gasteiger partial charge in [0.25, 0.3) is 20.4 Å². The molecule has 118 heavy (non-hydrogen) atoms. The van der Waals surface area contributed by atoms with Gasteiger partial charge in [-0.2, -0.15) is 0 Å². The zero-order valence-corrected chi connectivity index (χ0v) is 67.8. The summed E-state index contributed by atoms with van der Waals surface area (Å²) in [7, 11) is -5.33. The first-order valence-corrected chi connectivity index (χ1v) is 45.6. The van der Waals surface area contributed by atoms with Crippen molar-refractivity contribution in [3.63, 3.8) is 0 Å². The van der Waals surface area contributed by atoms with Crippen LogP contribution in [0.1, 0.15) is 150 Å². The third kappa shape index (κ3) is 14.6. The predicted molar refractivity (Wildman–Crippen MR) is 432 cm³/mol. The Morgan fingerprint density at radius 2 is 0.754 bits per heavy atom. The summed E-state index contributed by atoms with van der Waals surface area (Å²) >= 11 is 0. The highest BCUT2D eigenvalue weighted by Gasteiger charge is 2.62. The quantitative estimate of drug-likeness (QED) is 0.0171. The van der Waals surface area contributed by atoms with E-state index in [1.54, 1.807) is 80.0 Å². The lowest BCUT2D eigenvalue weighted by molar-refractivity contribution is -0.385. The molecule has 6 heterocycles. The topological polar surface area (TPSA) is 399 Å². The largest absolute Gasteiger partial charge is 0.400 e. The molecule has 12 unspecified atom stereocenters. The van der Waals surface area contributed by atoms with E-state index in [1.165, 1.54) is 55.3 Å². The van der Waals surface area contributed by atoms with Gasteiger partial charge in [-0.3, -0.25) is 20.2 Å². The van der Waals surface area contributed by atoms with Crippen molar-refractivity contribution < 1.29 is 68.7 Å².